The number of unbranched alkanes of at least 4 members (excludes halogenated alkanes) is 1. The van der Waals surface area contributed by atoms with Gasteiger partial charge < -0.3 is 14.6 Å². The Morgan fingerprint density at radius 2 is 1.71 bits per heavy atom. The smallest absolute Gasteiger partial charge is 0.251 e. The number of nitrogens with one attached hydrogen (secondary N) is 1. The lowest BCUT2D eigenvalue weighted by Crippen LogP contribution is -2.26. The highest BCUT2D eigenvalue weighted by atomic mass is 35.5. The summed E-state index contributed by atoms with van der Waals surface area (Å²) in [5, 5.41) is 4.38. The molecule has 0 saturated carbocycles. The Bertz CT molecular complexity index is 1290. The molecule has 1 aromatic heterocycles. The van der Waals surface area contributed by atoms with Crippen LogP contribution < -0.4 is 10.1 Å². The molecule has 182 valence electrons. The highest BCUT2D eigenvalue weighted by Crippen LogP contribution is 2.26. The van der Waals surface area contributed by atoms with Crippen LogP contribution in [-0.4, -0.2) is 28.6 Å². The monoisotopic (exact) mass is 509 g/mol. The molecule has 0 bridgehead atoms. The molecule has 4 aromatic rings. The molecule has 0 fully saturated rings. The number of rotatable bonds is 10. The van der Waals surface area contributed by atoms with Gasteiger partial charge in [0.15, 0.2) is 0 Å². The van der Waals surface area contributed by atoms with E-state index in [4.69, 9.17) is 32.9 Å². The van der Waals surface area contributed by atoms with Crippen molar-refractivity contribution in [2.45, 2.75) is 39.7 Å². The van der Waals surface area contributed by atoms with Gasteiger partial charge in [-0.25, -0.2) is 4.98 Å². The van der Waals surface area contributed by atoms with Crippen LogP contribution in [0.15, 0.2) is 60.7 Å². The lowest BCUT2D eigenvalue weighted by atomic mass is 10.1. The summed E-state index contributed by atoms with van der Waals surface area (Å²) in [7, 11) is 0. The Kier molecular flexibility index (Phi) is 8.32. The zero-order valence-electron chi connectivity index (χ0n) is 20.0. The Balaban J connectivity index is 1.33. The molecule has 35 heavy (non-hydrogen) atoms. The quantitative estimate of drug-likeness (QED) is 0.239. The SMILES string of the molecule is Cc1cc(OCCCCn2c(CCNC(=O)c3ccc(Cl)cc3)nc3ccccc32)cc(C)c1Cl. The van der Waals surface area contributed by atoms with Gasteiger partial charge in [-0.15, -0.1) is 0 Å². The van der Waals surface area contributed by atoms with E-state index in [1.165, 1.54) is 0 Å². The molecule has 5 nitrogen and oxygen atoms in total. The van der Waals surface area contributed by atoms with Gasteiger partial charge in [-0.3, -0.25) is 4.79 Å². The predicted octanol–water partition coefficient (Wildman–Crippen LogP) is 6.79. The summed E-state index contributed by atoms with van der Waals surface area (Å²) in [6.07, 6.45) is 2.52. The van der Waals surface area contributed by atoms with E-state index in [-0.39, 0.29) is 5.91 Å². The molecule has 0 aliphatic carbocycles. The average molecular weight is 510 g/mol. The van der Waals surface area contributed by atoms with Crippen molar-refractivity contribution < 1.29 is 9.53 Å². The number of imidazole rings is 1. The molecule has 0 aliphatic heterocycles. The number of carbonyl (C=O) groups is 1. The van der Waals surface area contributed by atoms with E-state index in [1.807, 2.05) is 44.2 Å². The van der Waals surface area contributed by atoms with Gasteiger partial charge in [-0.2, -0.15) is 0 Å². The van der Waals surface area contributed by atoms with Crippen LogP contribution in [-0.2, 0) is 13.0 Å². The third-order valence-electron chi connectivity index (χ3n) is 5.93. The first-order chi connectivity index (χ1) is 16.9. The highest BCUT2D eigenvalue weighted by Gasteiger charge is 2.12. The number of carbonyl (C=O) groups excluding carboxylic acids is 1. The van der Waals surface area contributed by atoms with Gasteiger partial charge in [-0.1, -0.05) is 35.3 Å². The van der Waals surface area contributed by atoms with Crippen LogP contribution in [0.5, 0.6) is 5.75 Å². The second kappa shape index (κ2) is 11.6. The summed E-state index contributed by atoms with van der Waals surface area (Å²) in [4.78, 5) is 17.2. The van der Waals surface area contributed by atoms with Gasteiger partial charge in [0.2, 0.25) is 0 Å². The largest absolute Gasteiger partial charge is 0.494 e. The Morgan fingerprint density at radius 1 is 1.00 bits per heavy atom. The maximum Gasteiger partial charge on any atom is 0.251 e. The van der Waals surface area contributed by atoms with E-state index < -0.39 is 0 Å². The summed E-state index contributed by atoms with van der Waals surface area (Å²) in [6, 6.07) is 19.0. The first-order valence-electron chi connectivity index (χ1n) is 11.8. The van der Waals surface area contributed by atoms with E-state index in [0.717, 1.165) is 58.1 Å². The lowest BCUT2D eigenvalue weighted by molar-refractivity contribution is 0.0954. The number of fused-ring (bicyclic) bond motifs is 1. The molecule has 7 heteroatoms. The third-order valence-corrected chi connectivity index (χ3v) is 6.78. The summed E-state index contributed by atoms with van der Waals surface area (Å²) in [6.45, 7) is 5.96. The Labute approximate surface area is 216 Å². The lowest BCUT2D eigenvalue weighted by Gasteiger charge is -2.12. The summed E-state index contributed by atoms with van der Waals surface area (Å²) >= 11 is 12.2. The summed E-state index contributed by atoms with van der Waals surface area (Å²) in [5.41, 5.74) is 4.72. The van der Waals surface area contributed by atoms with Crippen molar-refractivity contribution in [2.75, 3.05) is 13.2 Å². The number of ether oxygens (including phenoxy) is 1. The van der Waals surface area contributed by atoms with Crippen LogP contribution in [0.3, 0.4) is 0 Å². The fourth-order valence-electron chi connectivity index (χ4n) is 4.11. The van der Waals surface area contributed by atoms with Crippen molar-refractivity contribution in [3.63, 3.8) is 0 Å². The van der Waals surface area contributed by atoms with Crippen molar-refractivity contribution in [3.8, 4) is 5.75 Å². The second-order valence-electron chi connectivity index (χ2n) is 8.61. The van der Waals surface area contributed by atoms with Gasteiger partial charge >= 0.3 is 0 Å². The zero-order chi connectivity index (χ0) is 24.8. The zero-order valence-corrected chi connectivity index (χ0v) is 21.5. The van der Waals surface area contributed by atoms with Crippen molar-refractivity contribution >= 4 is 40.1 Å². The number of hydrogen-bond acceptors (Lipinski definition) is 3. The van der Waals surface area contributed by atoms with E-state index in [2.05, 4.69) is 16.0 Å². The topological polar surface area (TPSA) is 56.1 Å². The molecule has 1 amide bonds. The predicted molar refractivity (Wildman–Crippen MR) is 143 cm³/mol. The molecule has 4 rings (SSSR count). The van der Waals surface area contributed by atoms with Gasteiger partial charge in [0.1, 0.15) is 11.6 Å². The van der Waals surface area contributed by atoms with E-state index in [1.54, 1.807) is 24.3 Å². The van der Waals surface area contributed by atoms with Crippen LogP contribution in [0.25, 0.3) is 11.0 Å². The average Bonchev–Trinajstić information content (AvgIpc) is 3.20. The minimum atomic E-state index is -0.117. The van der Waals surface area contributed by atoms with Crippen molar-refractivity contribution in [2.24, 2.45) is 0 Å². The Morgan fingerprint density at radius 3 is 2.46 bits per heavy atom. The van der Waals surface area contributed by atoms with Gasteiger partial charge in [0.25, 0.3) is 5.91 Å². The van der Waals surface area contributed by atoms with Crippen molar-refractivity contribution in [1.82, 2.24) is 14.9 Å². The standard InChI is InChI=1S/C28H29Cl2N3O2/c1-19-17-23(18-20(2)27(19)30)35-16-6-5-15-33-25-8-4-3-7-24(25)32-26(33)13-14-31-28(34)21-9-11-22(29)12-10-21/h3-4,7-12,17-18H,5-6,13-16H2,1-2H3,(H,31,34). The maximum absolute atomic E-state index is 12.4. The molecule has 0 atom stereocenters. The van der Waals surface area contributed by atoms with E-state index in [0.29, 0.717) is 30.2 Å². The van der Waals surface area contributed by atoms with Crippen LogP contribution in [0, 0.1) is 13.8 Å². The molecule has 0 spiro atoms. The Hall–Kier alpha value is -3.02. The van der Waals surface area contributed by atoms with Gasteiger partial charge in [-0.05, 0) is 86.3 Å². The number of aromatic nitrogens is 2. The molecule has 0 aliphatic rings. The highest BCUT2D eigenvalue weighted by molar-refractivity contribution is 6.32. The summed E-state index contributed by atoms with van der Waals surface area (Å²) < 4.78 is 8.21. The first kappa shape index (κ1) is 25.1. The molecular weight excluding hydrogens is 481 g/mol. The van der Waals surface area contributed by atoms with Crippen LogP contribution in [0.2, 0.25) is 10.0 Å². The van der Waals surface area contributed by atoms with Crippen molar-refractivity contribution in [3.05, 3.63) is 93.2 Å². The fourth-order valence-corrected chi connectivity index (χ4v) is 4.34. The second-order valence-corrected chi connectivity index (χ2v) is 9.42. The minimum absolute atomic E-state index is 0.117. The number of aryl methyl sites for hydroxylation is 3. The molecule has 3 aromatic carbocycles. The summed E-state index contributed by atoms with van der Waals surface area (Å²) in [5.74, 6) is 1.70. The molecule has 0 saturated heterocycles. The molecular formula is C28H29Cl2N3O2. The molecule has 1 N–H and O–H groups in total. The normalized spacial score (nSPS) is 11.1. The van der Waals surface area contributed by atoms with Gasteiger partial charge in [0, 0.05) is 35.1 Å². The van der Waals surface area contributed by atoms with Crippen molar-refractivity contribution in [1.29, 1.82) is 0 Å². The number of halogens is 2. The number of benzene rings is 3. The molecule has 1 heterocycles. The first-order valence-corrected chi connectivity index (χ1v) is 12.6. The van der Waals surface area contributed by atoms with Gasteiger partial charge in [0.05, 0.1) is 17.6 Å². The number of nitrogens with zero attached hydrogens (tertiary/aromatic N) is 2. The minimum Gasteiger partial charge on any atom is -0.494 e. The van der Waals surface area contributed by atoms with E-state index in [9.17, 15) is 4.79 Å². The van der Waals surface area contributed by atoms with Crippen LogP contribution in [0.1, 0.15) is 40.2 Å². The fraction of sp³-hybridized carbons (Fsp3) is 0.286. The third kappa shape index (κ3) is 6.36. The van der Waals surface area contributed by atoms with Crippen LogP contribution >= 0.6 is 23.2 Å². The maximum atomic E-state index is 12.4. The molecule has 0 radical (unpaired) electrons. The number of para-hydroxylation sites is 2. The van der Waals surface area contributed by atoms with Crippen LogP contribution in [0.4, 0.5) is 0 Å². The number of hydrogen-bond donors (Lipinski definition) is 1. The number of amides is 1. The van der Waals surface area contributed by atoms with E-state index >= 15 is 0 Å². The molecule has 0 unspecified atom stereocenters.